The summed E-state index contributed by atoms with van der Waals surface area (Å²) in [6.45, 7) is 9.16. The number of hydrogen-bond acceptors (Lipinski definition) is 2. The second-order valence-electron chi connectivity index (χ2n) is 6.55. The number of aromatic amines is 1. The lowest BCUT2D eigenvalue weighted by molar-refractivity contribution is 0.702. The van der Waals surface area contributed by atoms with E-state index in [1.54, 1.807) is 0 Å². The van der Waals surface area contributed by atoms with E-state index < -0.39 is 0 Å². The van der Waals surface area contributed by atoms with Crippen molar-refractivity contribution in [2.75, 3.05) is 25.9 Å². The third-order valence-corrected chi connectivity index (χ3v) is 5.34. The molecule has 0 aliphatic carbocycles. The molecule has 0 radical (unpaired) electrons. The summed E-state index contributed by atoms with van der Waals surface area (Å²) in [5.74, 6) is 0.915. The van der Waals surface area contributed by atoms with Gasteiger partial charge in [-0.2, -0.15) is 11.8 Å². The second kappa shape index (κ2) is 11.0. The van der Waals surface area contributed by atoms with Crippen molar-refractivity contribution in [3.63, 3.8) is 0 Å². The molecule has 0 saturated heterocycles. The fourth-order valence-electron chi connectivity index (χ4n) is 2.50. The van der Waals surface area contributed by atoms with Gasteiger partial charge in [0.05, 0.1) is 6.54 Å². The fraction of sp³-hybridized carbons (Fsp3) is 0.526. The minimum Gasteiger partial charge on any atom is -0.361 e. The first-order valence-corrected chi connectivity index (χ1v) is 9.90. The molecule has 1 aromatic carbocycles. The van der Waals surface area contributed by atoms with Gasteiger partial charge < -0.3 is 15.6 Å². The van der Waals surface area contributed by atoms with Gasteiger partial charge in [0.2, 0.25) is 0 Å². The lowest BCUT2D eigenvalue weighted by atomic mass is 10.1. The second-order valence-corrected chi connectivity index (χ2v) is 8.06. The summed E-state index contributed by atoms with van der Waals surface area (Å²) >= 11 is 1.85. The number of benzene rings is 1. The predicted octanol–water partition coefficient (Wildman–Crippen LogP) is 4.42. The highest BCUT2D eigenvalue weighted by atomic mass is 127. The molecule has 0 atom stereocenters. The minimum atomic E-state index is 0. The Morgan fingerprint density at radius 3 is 2.72 bits per heavy atom. The molecule has 2 rings (SSSR count). The van der Waals surface area contributed by atoms with Crippen LogP contribution in [0.4, 0.5) is 0 Å². The number of nitrogens with one attached hydrogen (secondary N) is 3. The van der Waals surface area contributed by atoms with Gasteiger partial charge >= 0.3 is 0 Å². The maximum Gasteiger partial charge on any atom is 0.191 e. The van der Waals surface area contributed by atoms with Crippen molar-refractivity contribution in [2.45, 2.75) is 38.4 Å². The number of halogens is 1. The first-order valence-electron chi connectivity index (χ1n) is 8.68. The summed E-state index contributed by atoms with van der Waals surface area (Å²) in [5.41, 5.74) is 2.60. The van der Waals surface area contributed by atoms with Crippen molar-refractivity contribution < 1.29 is 0 Å². The number of aryl methyl sites for hydroxylation is 1. The van der Waals surface area contributed by atoms with E-state index in [-0.39, 0.29) is 28.7 Å². The van der Waals surface area contributed by atoms with Crippen LogP contribution >= 0.6 is 35.7 Å². The van der Waals surface area contributed by atoms with Crippen LogP contribution in [0.3, 0.4) is 0 Å². The normalized spacial score (nSPS) is 12.1. The molecule has 0 fully saturated rings. The van der Waals surface area contributed by atoms with Gasteiger partial charge in [-0.05, 0) is 51.5 Å². The van der Waals surface area contributed by atoms with Crippen molar-refractivity contribution >= 4 is 52.6 Å². The molecule has 1 heterocycles. The number of para-hydroxylation sites is 1. The van der Waals surface area contributed by atoms with E-state index in [0.29, 0.717) is 0 Å². The van der Waals surface area contributed by atoms with Crippen molar-refractivity contribution in [3.05, 3.63) is 36.0 Å². The van der Waals surface area contributed by atoms with Crippen LogP contribution in [0.25, 0.3) is 10.9 Å². The zero-order chi connectivity index (χ0) is 17.4. The maximum atomic E-state index is 4.71. The van der Waals surface area contributed by atoms with Gasteiger partial charge in [-0.3, -0.25) is 4.99 Å². The summed E-state index contributed by atoms with van der Waals surface area (Å²) in [6.07, 6.45) is 6.41. The van der Waals surface area contributed by atoms with Gasteiger partial charge in [0.15, 0.2) is 5.96 Å². The molecule has 0 bridgehead atoms. The van der Waals surface area contributed by atoms with E-state index in [9.17, 15) is 0 Å². The average molecular weight is 474 g/mol. The SMILES string of the molecule is CCNC(=NCC(C)(C)SC)NCCCc1c[nH]c2ccccc12.I. The molecule has 25 heavy (non-hydrogen) atoms. The lowest BCUT2D eigenvalue weighted by Crippen LogP contribution is -2.39. The number of aromatic nitrogens is 1. The Labute approximate surface area is 173 Å². The summed E-state index contributed by atoms with van der Waals surface area (Å²) in [5, 5.41) is 8.11. The van der Waals surface area contributed by atoms with E-state index in [0.717, 1.165) is 38.4 Å². The van der Waals surface area contributed by atoms with Crippen molar-refractivity contribution in [2.24, 2.45) is 4.99 Å². The zero-order valence-corrected chi connectivity index (χ0v) is 18.8. The third-order valence-electron chi connectivity index (χ3n) is 4.11. The third kappa shape index (κ3) is 7.09. The monoisotopic (exact) mass is 474 g/mol. The number of rotatable bonds is 8. The molecular formula is C19H31IN4S. The molecule has 140 valence electrons. The van der Waals surface area contributed by atoms with E-state index in [1.165, 1.54) is 16.5 Å². The van der Waals surface area contributed by atoms with Crippen LogP contribution in [-0.2, 0) is 6.42 Å². The maximum absolute atomic E-state index is 4.71. The largest absolute Gasteiger partial charge is 0.361 e. The summed E-state index contributed by atoms with van der Waals surface area (Å²) in [7, 11) is 0. The number of nitrogens with zero attached hydrogens (tertiary/aromatic N) is 1. The number of H-pyrrole nitrogens is 1. The number of guanidine groups is 1. The van der Waals surface area contributed by atoms with Crippen LogP contribution in [0, 0.1) is 0 Å². The molecule has 0 aliphatic rings. The molecule has 1 aromatic heterocycles. The Morgan fingerprint density at radius 2 is 2.00 bits per heavy atom. The van der Waals surface area contributed by atoms with Crippen LogP contribution in [0.15, 0.2) is 35.5 Å². The first-order chi connectivity index (χ1) is 11.6. The predicted molar refractivity (Wildman–Crippen MR) is 124 cm³/mol. The van der Waals surface area contributed by atoms with Crippen LogP contribution in [0.5, 0.6) is 0 Å². The molecule has 0 aliphatic heterocycles. The standard InChI is InChI=1S/C19H30N4S.HI/c1-5-20-18(23-14-19(2,3)24-4)21-12-8-9-15-13-22-17-11-7-6-10-16(15)17;/h6-7,10-11,13,22H,5,8-9,12,14H2,1-4H3,(H2,20,21,23);1H. The Kier molecular flexibility index (Phi) is 9.71. The molecule has 6 heteroatoms. The number of aliphatic imine (C=N–C) groups is 1. The molecule has 0 amide bonds. The van der Waals surface area contributed by atoms with Crippen LogP contribution in [-0.4, -0.2) is 41.6 Å². The van der Waals surface area contributed by atoms with Crippen molar-refractivity contribution in [1.82, 2.24) is 15.6 Å². The summed E-state index contributed by atoms with van der Waals surface area (Å²) in [4.78, 5) is 8.05. The van der Waals surface area contributed by atoms with Gasteiger partial charge in [-0.25, -0.2) is 0 Å². The molecule has 3 N–H and O–H groups in total. The number of thioether (sulfide) groups is 1. The highest BCUT2D eigenvalue weighted by molar-refractivity contribution is 14.0. The minimum absolute atomic E-state index is 0. The van der Waals surface area contributed by atoms with Crippen LogP contribution < -0.4 is 10.6 Å². The quantitative estimate of drug-likeness (QED) is 0.230. The zero-order valence-electron chi connectivity index (χ0n) is 15.7. The van der Waals surface area contributed by atoms with Crippen molar-refractivity contribution in [3.8, 4) is 0 Å². The van der Waals surface area contributed by atoms with E-state index in [1.807, 2.05) is 11.8 Å². The first kappa shape index (κ1) is 22.2. The smallest absolute Gasteiger partial charge is 0.191 e. The Morgan fingerprint density at radius 1 is 1.24 bits per heavy atom. The summed E-state index contributed by atoms with van der Waals surface area (Å²) in [6, 6.07) is 8.48. The molecule has 0 unspecified atom stereocenters. The molecule has 0 saturated carbocycles. The molecule has 0 spiro atoms. The van der Waals surface area contributed by atoms with Gasteiger partial charge in [0, 0.05) is 34.9 Å². The Hall–Kier alpha value is -0.890. The van der Waals surface area contributed by atoms with Gasteiger partial charge in [0.25, 0.3) is 0 Å². The Balaban J connectivity index is 0.00000312. The van der Waals surface area contributed by atoms with Gasteiger partial charge in [-0.1, -0.05) is 18.2 Å². The molecular weight excluding hydrogens is 443 g/mol. The highest BCUT2D eigenvalue weighted by Gasteiger charge is 2.15. The van der Waals surface area contributed by atoms with E-state index in [2.05, 4.69) is 73.1 Å². The number of fused-ring (bicyclic) bond motifs is 1. The lowest BCUT2D eigenvalue weighted by Gasteiger charge is -2.20. The van der Waals surface area contributed by atoms with Gasteiger partial charge in [-0.15, -0.1) is 24.0 Å². The van der Waals surface area contributed by atoms with E-state index >= 15 is 0 Å². The average Bonchev–Trinajstić information content (AvgIpc) is 3.00. The topological polar surface area (TPSA) is 52.2 Å². The fourth-order valence-corrected chi connectivity index (χ4v) is 2.69. The Bertz CT molecular complexity index is 666. The number of hydrogen-bond donors (Lipinski definition) is 3. The van der Waals surface area contributed by atoms with Crippen LogP contribution in [0.2, 0.25) is 0 Å². The van der Waals surface area contributed by atoms with Gasteiger partial charge in [0.1, 0.15) is 0 Å². The molecule has 2 aromatic rings. The highest BCUT2D eigenvalue weighted by Crippen LogP contribution is 2.21. The van der Waals surface area contributed by atoms with Crippen molar-refractivity contribution in [1.29, 1.82) is 0 Å². The van der Waals surface area contributed by atoms with Crippen LogP contribution in [0.1, 0.15) is 32.8 Å². The summed E-state index contributed by atoms with van der Waals surface area (Å²) < 4.78 is 0.173. The molecule has 4 nitrogen and oxygen atoms in total. The van der Waals surface area contributed by atoms with E-state index in [4.69, 9.17) is 4.99 Å².